The zero-order chi connectivity index (χ0) is 12.5. The van der Waals surface area contributed by atoms with Gasteiger partial charge in [-0.2, -0.15) is 0 Å². The van der Waals surface area contributed by atoms with E-state index in [0.717, 1.165) is 13.0 Å². The molecule has 0 atom stereocenters. The van der Waals surface area contributed by atoms with Crippen LogP contribution in [0.25, 0.3) is 0 Å². The van der Waals surface area contributed by atoms with Crippen molar-refractivity contribution in [2.45, 2.75) is 52.5 Å². The molecule has 0 aromatic carbocycles. The van der Waals surface area contributed by atoms with Gasteiger partial charge in [0.05, 0.1) is 16.9 Å². The highest BCUT2D eigenvalue weighted by Gasteiger charge is 2.17. The summed E-state index contributed by atoms with van der Waals surface area (Å²) in [6, 6.07) is 0. The second kappa shape index (κ2) is 4.84. The first-order chi connectivity index (χ1) is 8.75. The fourth-order valence-corrected chi connectivity index (χ4v) is 3.58. The van der Waals surface area contributed by atoms with Crippen LogP contribution < -0.4 is 0 Å². The molecule has 0 saturated heterocycles. The lowest BCUT2D eigenvalue weighted by molar-refractivity contribution is 0.596. The van der Waals surface area contributed by atoms with Crippen molar-refractivity contribution in [3.05, 3.63) is 33.3 Å². The van der Waals surface area contributed by atoms with E-state index in [1.165, 1.54) is 53.5 Å². The number of rotatable bonds is 3. The molecule has 0 radical (unpaired) electrons. The Morgan fingerprint density at radius 3 is 2.89 bits per heavy atom. The number of hydrogen-bond donors (Lipinski definition) is 0. The third-order valence-corrected chi connectivity index (χ3v) is 4.83. The zero-order valence-electron chi connectivity index (χ0n) is 11.1. The van der Waals surface area contributed by atoms with E-state index in [1.807, 2.05) is 5.51 Å². The Hall–Kier alpha value is -1.16. The van der Waals surface area contributed by atoms with Gasteiger partial charge in [-0.25, -0.2) is 9.97 Å². The molecule has 1 aliphatic carbocycles. The molecule has 2 aromatic rings. The van der Waals surface area contributed by atoms with Crippen molar-refractivity contribution in [1.29, 1.82) is 0 Å². The predicted octanol–water partition coefficient (Wildman–Crippen LogP) is 3.08. The fourth-order valence-electron chi connectivity index (χ4n) is 2.81. The molecule has 2 aromatic heterocycles. The zero-order valence-corrected chi connectivity index (χ0v) is 11.9. The van der Waals surface area contributed by atoms with Gasteiger partial charge in [0.2, 0.25) is 0 Å². The number of thiazole rings is 1. The molecule has 96 valence electrons. The summed E-state index contributed by atoms with van der Waals surface area (Å²) in [4.78, 5) is 10.5. The molecular formula is C14H19N3S. The highest BCUT2D eigenvalue weighted by atomic mass is 32.1. The largest absolute Gasteiger partial charge is 0.332 e. The summed E-state index contributed by atoms with van der Waals surface area (Å²) in [5.41, 5.74) is 5.97. The van der Waals surface area contributed by atoms with Gasteiger partial charge in [-0.05, 0) is 39.5 Å². The van der Waals surface area contributed by atoms with E-state index in [0.29, 0.717) is 0 Å². The van der Waals surface area contributed by atoms with Gasteiger partial charge >= 0.3 is 0 Å². The van der Waals surface area contributed by atoms with Crippen LogP contribution in [0.3, 0.4) is 0 Å². The molecule has 3 nitrogen and oxygen atoms in total. The van der Waals surface area contributed by atoms with Crippen LogP contribution in [0.5, 0.6) is 0 Å². The standard InChI is InChI=1S/C14H19N3S/c1-10-14(18-9-15-10)7-8-17-11(2)16-12-5-3-4-6-13(12)17/h9H,3-8H2,1-2H3. The molecule has 4 heteroatoms. The molecule has 1 aliphatic rings. The van der Waals surface area contributed by atoms with Gasteiger partial charge in [0.25, 0.3) is 0 Å². The minimum atomic E-state index is 1.05. The molecule has 2 heterocycles. The van der Waals surface area contributed by atoms with Crippen molar-refractivity contribution in [1.82, 2.24) is 14.5 Å². The van der Waals surface area contributed by atoms with Crippen molar-refractivity contribution in [3.63, 3.8) is 0 Å². The van der Waals surface area contributed by atoms with Crippen molar-refractivity contribution in [2.24, 2.45) is 0 Å². The first-order valence-corrected chi connectivity index (χ1v) is 7.57. The third-order valence-electron chi connectivity index (χ3n) is 3.83. The minimum Gasteiger partial charge on any atom is -0.332 e. The molecule has 0 amide bonds. The lowest BCUT2D eigenvalue weighted by Gasteiger charge is -2.14. The summed E-state index contributed by atoms with van der Waals surface area (Å²) in [5.74, 6) is 1.18. The van der Waals surface area contributed by atoms with E-state index in [9.17, 15) is 0 Å². The average molecular weight is 261 g/mol. The maximum atomic E-state index is 4.72. The van der Waals surface area contributed by atoms with Crippen LogP contribution >= 0.6 is 11.3 Å². The molecule has 0 fully saturated rings. The van der Waals surface area contributed by atoms with E-state index < -0.39 is 0 Å². The number of hydrogen-bond acceptors (Lipinski definition) is 3. The number of imidazole rings is 1. The summed E-state index contributed by atoms with van der Waals surface area (Å²) in [7, 11) is 0. The quantitative estimate of drug-likeness (QED) is 0.850. The molecule has 0 unspecified atom stereocenters. The molecular weight excluding hydrogens is 242 g/mol. The SMILES string of the molecule is Cc1ncsc1CCn1c(C)nc2c1CCCC2. The minimum absolute atomic E-state index is 1.05. The lowest BCUT2D eigenvalue weighted by atomic mass is 10.0. The van der Waals surface area contributed by atoms with Gasteiger partial charge in [-0.3, -0.25) is 0 Å². The van der Waals surface area contributed by atoms with E-state index in [-0.39, 0.29) is 0 Å². The molecule has 0 bridgehead atoms. The van der Waals surface area contributed by atoms with Gasteiger partial charge in [0.15, 0.2) is 0 Å². The average Bonchev–Trinajstić information content (AvgIpc) is 2.90. The smallest absolute Gasteiger partial charge is 0.106 e. The van der Waals surface area contributed by atoms with E-state index in [2.05, 4.69) is 23.4 Å². The third kappa shape index (κ3) is 2.09. The Kier molecular flexibility index (Phi) is 3.20. The van der Waals surface area contributed by atoms with Crippen LogP contribution in [-0.2, 0) is 25.8 Å². The van der Waals surface area contributed by atoms with Gasteiger partial charge < -0.3 is 4.57 Å². The summed E-state index contributed by atoms with van der Waals surface area (Å²) in [5, 5.41) is 0. The highest BCUT2D eigenvalue weighted by Crippen LogP contribution is 2.23. The highest BCUT2D eigenvalue weighted by molar-refractivity contribution is 7.09. The molecule has 0 aliphatic heterocycles. The summed E-state index contributed by atoms with van der Waals surface area (Å²) >= 11 is 1.77. The van der Waals surface area contributed by atoms with E-state index in [1.54, 1.807) is 11.3 Å². The van der Waals surface area contributed by atoms with Crippen LogP contribution in [0, 0.1) is 13.8 Å². The van der Waals surface area contributed by atoms with Crippen LogP contribution in [0.15, 0.2) is 5.51 Å². The second-order valence-electron chi connectivity index (χ2n) is 5.02. The van der Waals surface area contributed by atoms with E-state index >= 15 is 0 Å². The summed E-state index contributed by atoms with van der Waals surface area (Å²) in [6.45, 7) is 5.29. The van der Waals surface area contributed by atoms with Crippen molar-refractivity contribution in [2.75, 3.05) is 0 Å². The van der Waals surface area contributed by atoms with E-state index in [4.69, 9.17) is 4.98 Å². The first kappa shape index (κ1) is 11.9. The molecule has 0 saturated carbocycles. The van der Waals surface area contributed by atoms with Crippen LogP contribution in [-0.4, -0.2) is 14.5 Å². The summed E-state index contributed by atoms with van der Waals surface area (Å²) < 4.78 is 2.42. The van der Waals surface area contributed by atoms with Gasteiger partial charge in [0.1, 0.15) is 5.82 Å². The molecule has 0 spiro atoms. The van der Waals surface area contributed by atoms with Crippen molar-refractivity contribution in [3.8, 4) is 0 Å². The van der Waals surface area contributed by atoms with Crippen LogP contribution in [0.4, 0.5) is 0 Å². The second-order valence-corrected chi connectivity index (χ2v) is 5.96. The first-order valence-electron chi connectivity index (χ1n) is 6.69. The maximum Gasteiger partial charge on any atom is 0.106 e. The van der Waals surface area contributed by atoms with Gasteiger partial charge in [-0.1, -0.05) is 0 Å². The number of aryl methyl sites for hydroxylation is 4. The number of nitrogens with zero attached hydrogens (tertiary/aromatic N) is 3. The molecule has 0 N–H and O–H groups in total. The predicted molar refractivity (Wildman–Crippen MR) is 74.2 cm³/mol. The Morgan fingerprint density at radius 2 is 2.11 bits per heavy atom. The summed E-state index contributed by atoms with van der Waals surface area (Å²) in [6.07, 6.45) is 6.08. The number of fused-ring (bicyclic) bond motifs is 1. The Bertz CT molecular complexity index is 553. The topological polar surface area (TPSA) is 30.7 Å². The monoisotopic (exact) mass is 261 g/mol. The van der Waals surface area contributed by atoms with Crippen LogP contribution in [0.1, 0.15) is 40.6 Å². The van der Waals surface area contributed by atoms with Crippen LogP contribution in [0.2, 0.25) is 0 Å². The Labute approximate surface area is 112 Å². The maximum absolute atomic E-state index is 4.72. The fraction of sp³-hybridized carbons (Fsp3) is 0.571. The molecule has 3 rings (SSSR count). The van der Waals surface area contributed by atoms with Gasteiger partial charge in [-0.15, -0.1) is 11.3 Å². The Balaban J connectivity index is 1.80. The molecule has 18 heavy (non-hydrogen) atoms. The van der Waals surface area contributed by atoms with Crippen molar-refractivity contribution < 1.29 is 0 Å². The number of aromatic nitrogens is 3. The van der Waals surface area contributed by atoms with Gasteiger partial charge in [0, 0.05) is 23.5 Å². The lowest BCUT2D eigenvalue weighted by Crippen LogP contribution is -2.11. The van der Waals surface area contributed by atoms with Crippen molar-refractivity contribution >= 4 is 11.3 Å². The Morgan fingerprint density at radius 1 is 1.28 bits per heavy atom. The normalized spacial score (nSPS) is 14.8.